The average molecular weight is 494 g/mol. The Morgan fingerprint density at radius 1 is 1.17 bits per heavy atom. The molecule has 0 atom stereocenters. The zero-order valence-electron chi connectivity index (χ0n) is 19.8. The van der Waals surface area contributed by atoms with Crippen molar-refractivity contribution in [2.45, 2.75) is 20.5 Å². The van der Waals surface area contributed by atoms with Crippen molar-refractivity contribution in [3.8, 4) is 17.4 Å². The molecule has 0 spiro atoms. The lowest BCUT2D eigenvalue weighted by Gasteiger charge is -2.16. The van der Waals surface area contributed by atoms with E-state index in [1.165, 1.54) is 5.56 Å². The van der Waals surface area contributed by atoms with Gasteiger partial charge in [0.05, 0.1) is 17.8 Å². The molecule has 1 aliphatic rings. The summed E-state index contributed by atoms with van der Waals surface area (Å²) in [5.74, 6) is 1.51. The van der Waals surface area contributed by atoms with Crippen LogP contribution >= 0.6 is 11.6 Å². The van der Waals surface area contributed by atoms with Crippen molar-refractivity contribution in [1.82, 2.24) is 15.4 Å². The number of rotatable bonds is 7. The van der Waals surface area contributed by atoms with Crippen LogP contribution in [0.5, 0.6) is 17.4 Å². The maximum Gasteiger partial charge on any atom is 0.246 e. The maximum atomic E-state index is 12.4. The average Bonchev–Trinajstić information content (AvgIpc) is 3.15. The minimum atomic E-state index is -0.0692. The molecule has 1 aromatic heterocycles. The molecular weight excluding hydrogens is 466 g/mol. The third kappa shape index (κ3) is 7.05. The van der Waals surface area contributed by atoms with Gasteiger partial charge >= 0.3 is 0 Å². The SMILES string of the molecule is Cc1ccc(COc2ccc(Oc3c(C)cc(C=CC(=O)N4CCNOCC4)cc3Cl)nc2)cc1. The van der Waals surface area contributed by atoms with Crippen LogP contribution in [0.2, 0.25) is 5.02 Å². The second kappa shape index (κ2) is 11.8. The summed E-state index contributed by atoms with van der Waals surface area (Å²) in [5.41, 5.74) is 6.75. The summed E-state index contributed by atoms with van der Waals surface area (Å²) in [6.45, 7) is 6.63. The number of aryl methyl sites for hydroxylation is 2. The number of ether oxygens (including phenoxy) is 2. The fraction of sp³-hybridized carbons (Fsp3) is 0.259. The highest BCUT2D eigenvalue weighted by molar-refractivity contribution is 6.32. The van der Waals surface area contributed by atoms with Crippen LogP contribution in [0, 0.1) is 13.8 Å². The quantitative estimate of drug-likeness (QED) is 0.462. The highest BCUT2D eigenvalue weighted by Crippen LogP contribution is 2.34. The Bertz CT molecular complexity index is 1150. The lowest BCUT2D eigenvalue weighted by molar-refractivity contribution is -0.125. The van der Waals surface area contributed by atoms with Crippen LogP contribution in [-0.4, -0.2) is 42.0 Å². The summed E-state index contributed by atoms with van der Waals surface area (Å²) >= 11 is 6.50. The first-order valence-electron chi connectivity index (χ1n) is 11.4. The Labute approximate surface area is 210 Å². The summed E-state index contributed by atoms with van der Waals surface area (Å²) in [7, 11) is 0. The van der Waals surface area contributed by atoms with E-state index in [0.29, 0.717) is 55.2 Å². The number of nitrogens with one attached hydrogen (secondary N) is 1. The Morgan fingerprint density at radius 3 is 2.74 bits per heavy atom. The molecule has 1 fully saturated rings. The number of carbonyl (C=O) groups excluding carboxylic acids is 1. The van der Waals surface area contributed by atoms with Crippen LogP contribution in [-0.2, 0) is 16.2 Å². The minimum Gasteiger partial charge on any atom is -0.487 e. The fourth-order valence-electron chi connectivity index (χ4n) is 3.54. The molecule has 4 rings (SSSR count). The van der Waals surface area contributed by atoms with Gasteiger partial charge in [0.2, 0.25) is 11.8 Å². The van der Waals surface area contributed by atoms with Crippen LogP contribution < -0.4 is 15.0 Å². The number of aromatic nitrogens is 1. The van der Waals surface area contributed by atoms with Crippen LogP contribution in [0.15, 0.2) is 60.8 Å². The molecule has 0 saturated carbocycles. The number of carbonyl (C=O) groups is 1. The summed E-state index contributed by atoms with van der Waals surface area (Å²) in [6.07, 6.45) is 4.93. The molecule has 1 aliphatic heterocycles. The summed E-state index contributed by atoms with van der Waals surface area (Å²) in [5, 5.41) is 0.436. The maximum absolute atomic E-state index is 12.4. The molecule has 35 heavy (non-hydrogen) atoms. The van der Waals surface area contributed by atoms with Crippen molar-refractivity contribution in [3.63, 3.8) is 0 Å². The molecule has 182 valence electrons. The molecule has 1 N–H and O–H groups in total. The topological polar surface area (TPSA) is 72.9 Å². The highest BCUT2D eigenvalue weighted by Gasteiger charge is 2.14. The molecule has 0 radical (unpaired) electrons. The summed E-state index contributed by atoms with van der Waals surface area (Å²) in [4.78, 5) is 23.7. The van der Waals surface area contributed by atoms with Gasteiger partial charge in [-0.25, -0.2) is 10.5 Å². The second-order valence-electron chi connectivity index (χ2n) is 8.26. The molecule has 1 amide bonds. The molecule has 2 aromatic carbocycles. The zero-order chi connectivity index (χ0) is 24.6. The van der Waals surface area contributed by atoms with Crippen LogP contribution in [0.25, 0.3) is 6.08 Å². The first-order chi connectivity index (χ1) is 17.0. The number of hydrogen-bond donors (Lipinski definition) is 1. The molecule has 3 aromatic rings. The second-order valence-corrected chi connectivity index (χ2v) is 8.67. The Hall–Kier alpha value is -3.39. The normalized spacial score (nSPS) is 14.1. The van der Waals surface area contributed by atoms with E-state index in [2.05, 4.69) is 29.5 Å². The molecule has 0 unspecified atom stereocenters. The number of pyridine rings is 1. The van der Waals surface area contributed by atoms with Crippen molar-refractivity contribution in [2.24, 2.45) is 0 Å². The zero-order valence-corrected chi connectivity index (χ0v) is 20.5. The van der Waals surface area contributed by atoms with Gasteiger partial charge in [-0.05, 0) is 54.8 Å². The van der Waals surface area contributed by atoms with E-state index in [-0.39, 0.29) is 5.91 Å². The monoisotopic (exact) mass is 493 g/mol. The van der Waals surface area contributed by atoms with Gasteiger partial charge in [0.1, 0.15) is 12.4 Å². The Morgan fingerprint density at radius 2 is 2.00 bits per heavy atom. The number of hydroxylamine groups is 1. The number of nitrogens with zero attached hydrogens (tertiary/aromatic N) is 2. The van der Waals surface area contributed by atoms with Crippen LogP contribution in [0.4, 0.5) is 0 Å². The predicted octanol–water partition coefficient (Wildman–Crippen LogP) is 5.10. The van der Waals surface area contributed by atoms with Gasteiger partial charge in [-0.1, -0.05) is 41.4 Å². The largest absolute Gasteiger partial charge is 0.487 e. The standard InChI is InChI=1S/C27H28ClN3O4/c1-19-3-5-21(6-4-19)18-33-23-8-9-25(29-17-23)35-27-20(2)15-22(16-24(27)28)7-10-26(32)31-12-11-30-34-14-13-31/h3-10,15-17,30H,11-14,18H2,1-2H3. The van der Waals surface area contributed by atoms with Gasteiger partial charge in [-0.2, -0.15) is 0 Å². The Balaban J connectivity index is 1.36. The minimum absolute atomic E-state index is 0.0692. The van der Waals surface area contributed by atoms with Crippen molar-refractivity contribution >= 4 is 23.6 Å². The summed E-state index contributed by atoms with van der Waals surface area (Å²) < 4.78 is 11.7. The van der Waals surface area contributed by atoms with E-state index >= 15 is 0 Å². The molecule has 0 aliphatic carbocycles. The van der Waals surface area contributed by atoms with Crippen molar-refractivity contribution in [3.05, 3.63) is 88.1 Å². The number of amides is 1. The van der Waals surface area contributed by atoms with Gasteiger partial charge < -0.3 is 14.4 Å². The number of halogens is 1. The fourth-order valence-corrected chi connectivity index (χ4v) is 3.85. The number of benzene rings is 2. The van der Waals surface area contributed by atoms with E-state index < -0.39 is 0 Å². The first-order valence-corrected chi connectivity index (χ1v) is 11.8. The van der Waals surface area contributed by atoms with Crippen LogP contribution in [0.1, 0.15) is 22.3 Å². The molecule has 0 bridgehead atoms. The van der Waals surface area contributed by atoms with E-state index in [9.17, 15) is 4.79 Å². The van der Waals surface area contributed by atoms with Gasteiger partial charge in [-0.15, -0.1) is 0 Å². The van der Waals surface area contributed by atoms with Crippen LogP contribution in [0.3, 0.4) is 0 Å². The molecular formula is C27H28ClN3O4. The number of hydrogen-bond acceptors (Lipinski definition) is 6. The third-order valence-corrected chi connectivity index (χ3v) is 5.75. The third-order valence-electron chi connectivity index (χ3n) is 5.47. The van der Waals surface area contributed by atoms with Crippen molar-refractivity contribution < 1.29 is 19.1 Å². The predicted molar refractivity (Wildman–Crippen MR) is 136 cm³/mol. The van der Waals surface area contributed by atoms with E-state index in [1.54, 1.807) is 35.4 Å². The molecule has 2 heterocycles. The van der Waals surface area contributed by atoms with Crippen molar-refractivity contribution in [1.29, 1.82) is 0 Å². The van der Waals surface area contributed by atoms with E-state index in [4.69, 9.17) is 25.9 Å². The lowest BCUT2D eigenvalue weighted by atomic mass is 10.1. The van der Waals surface area contributed by atoms with Gasteiger partial charge in [0, 0.05) is 31.8 Å². The van der Waals surface area contributed by atoms with E-state index in [0.717, 1.165) is 16.7 Å². The van der Waals surface area contributed by atoms with Gasteiger partial charge in [-0.3, -0.25) is 9.63 Å². The molecule has 7 nitrogen and oxygen atoms in total. The molecule has 8 heteroatoms. The lowest BCUT2D eigenvalue weighted by Crippen LogP contribution is -2.33. The van der Waals surface area contributed by atoms with Gasteiger partial charge in [0.25, 0.3) is 0 Å². The smallest absolute Gasteiger partial charge is 0.246 e. The van der Waals surface area contributed by atoms with E-state index in [1.807, 2.05) is 31.2 Å². The Kier molecular flexibility index (Phi) is 8.36. The van der Waals surface area contributed by atoms with Crippen molar-refractivity contribution in [2.75, 3.05) is 26.2 Å². The molecule has 1 saturated heterocycles. The van der Waals surface area contributed by atoms with Gasteiger partial charge in [0.15, 0.2) is 5.75 Å². The highest BCUT2D eigenvalue weighted by atomic mass is 35.5. The summed E-state index contributed by atoms with van der Waals surface area (Å²) in [6, 6.07) is 15.4. The first kappa shape index (κ1) is 24.7.